The molecule has 0 aliphatic heterocycles. The zero-order valence-corrected chi connectivity index (χ0v) is 15.3. The van der Waals surface area contributed by atoms with Crippen molar-refractivity contribution in [2.45, 2.75) is 4.90 Å². The zero-order valence-electron chi connectivity index (χ0n) is 13.7. The highest BCUT2D eigenvalue weighted by molar-refractivity contribution is 7.98. The van der Waals surface area contributed by atoms with Crippen molar-refractivity contribution >= 4 is 40.2 Å². The molecule has 130 valence electrons. The van der Waals surface area contributed by atoms with E-state index in [2.05, 4.69) is 15.2 Å². The molecular weight excluding hydrogens is 370 g/mol. The second-order valence-corrected chi connectivity index (χ2v) is 6.93. The topological polar surface area (TPSA) is 89.6 Å². The fourth-order valence-corrected chi connectivity index (χ4v) is 3.29. The van der Waals surface area contributed by atoms with E-state index < -0.39 is 0 Å². The molecule has 0 bridgehead atoms. The maximum Gasteiger partial charge on any atom is 0.271 e. The average Bonchev–Trinajstić information content (AvgIpc) is 3.04. The molecule has 26 heavy (non-hydrogen) atoms. The molecule has 0 unspecified atom stereocenters. The summed E-state index contributed by atoms with van der Waals surface area (Å²) in [5, 5.41) is 7.53. The van der Waals surface area contributed by atoms with Crippen LogP contribution in [0.2, 0.25) is 5.02 Å². The first-order chi connectivity index (χ1) is 12.6. The van der Waals surface area contributed by atoms with Crippen LogP contribution in [0.4, 0.5) is 5.82 Å². The van der Waals surface area contributed by atoms with E-state index in [9.17, 15) is 4.79 Å². The van der Waals surface area contributed by atoms with Gasteiger partial charge in [-0.1, -0.05) is 23.7 Å². The summed E-state index contributed by atoms with van der Waals surface area (Å²) >= 11 is 7.64. The lowest BCUT2D eigenvalue weighted by atomic mass is 10.2. The van der Waals surface area contributed by atoms with Gasteiger partial charge in [0, 0.05) is 15.5 Å². The van der Waals surface area contributed by atoms with Crippen molar-refractivity contribution in [1.29, 1.82) is 0 Å². The largest absolute Gasteiger partial charge is 0.383 e. The minimum atomic E-state index is -0.285. The molecule has 0 atom stereocenters. The molecule has 8 heteroatoms. The van der Waals surface area contributed by atoms with Crippen LogP contribution in [-0.4, -0.2) is 26.0 Å². The van der Waals surface area contributed by atoms with E-state index in [1.54, 1.807) is 36.0 Å². The van der Waals surface area contributed by atoms with Crippen molar-refractivity contribution in [3.05, 3.63) is 63.9 Å². The number of hydrogen-bond donors (Lipinski definition) is 2. The number of anilines is 1. The van der Waals surface area contributed by atoms with Crippen molar-refractivity contribution < 1.29 is 0 Å². The fraction of sp³-hybridized carbons (Fsp3) is 0.0556. The summed E-state index contributed by atoms with van der Waals surface area (Å²) in [5.74, 6) is 0.688. The number of thioether (sulfide) groups is 1. The number of rotatable bonds is 3. The highest BCUT2D eigenvalue weighted by atomic mass is 35.5. The Kier molecular flexibility index (Phi) is 4.18. The number of nitrogens with one attached hydrogen (secondary N) is 1. The van der Waals surface area contributed by atoms with Gasteiger partial charge in [-0.2, -0.15) is 5.10 Å². The Morgan fingerprint density at radius 3 is 2.46 bits per heavy atom. The van der Waals surface area contributed by atoms with E-state index >= 15 is 0 Å². The number of aromatic amines is 1. The molecule has 0 saturated carbocycles. The third-order valence-corrected chi connectivity index (χ3v) is 5.04. The maximum atomic E-state index is 13.2. The lowest BCUT2D eigenvalue weighted by molar-refractivity contribution is 0.970. The second kappa shape index (κ2) is 6.51. The molecule has 3 N–H and O–H groups in total. The van der Waals surface area contributed by atoms with Gasteiger partial charge in [0.15, 0.2) is 5.65 Å². The smallest absolute Gasteiger partial charge is 0.271 e. The number of nitrogen functional groups attached to an aromatic ring is 1. The van der Waals surface area contributed by atoms with E-state index in [-0.39, 0.29) is 16.8 Å². The van der Waals surface area contributed by atoms with Crippen LogP contribution in [0.5, 0.6) is 0 Å². The van der Waals surface area contributed by atoms with Crippen molar-refractivity contribution in [2.75, 3.05) is 12.0 Å². The Morgan fingerprint density at radius 1 is 1.12 bits per heavy atom. The summed E-state index contributed by atoms with van der Waals surface area (Å²) in [6, 6.07) is 14.8. The average molecular weight is 384 g/mol. The van der Waals surface area contributed by atoms with Crippen molar-refractivity contribution in [1.82, 2.24) is 19.7 Å². The van der Waals surface area contributed by atoms with E-state index in [0.29, 0.717) is 22.2 Å². The normalized spacial score (nSPS) is 11.2. The predicted octanol–water partition coefficient (Wildman–Crippen LogP) is 3.73. The molecule has 0 amide bonds. The van der Waals surface area contributed by atoms with Crippen LogP contribution in [-0.2, 0) is 0 Å². The number of halogens is 1. The number of hydrogen-bond acceptors (Lipinski definition) is 5. The summed E-state index contributed by atoms with van der Waals surface area (Å²) < 4.78 is 1.53. The molecule has 0 fully saturated rings. The molecule has 0 aliphatic carbocycles. The third-order valence-electron chi connectivity index (χ3n) is 4.05. The summed E-state index contributed by atoms with van der Waals surface area (Å²) in [7, 11) is 0. The van der Waals surface area contributed by atoms with Crippen LogP contribution < -0.4 is 11.3 Å². The Hall–Kier alpha value is -2.77. The van der Waals surface area contributed by atoms with Crippen LogP contribution in [0.25, 0.3) is 28.1 Å². The molecule has 0 saturated heterocycles. The fourth-order valence-electron chi connectivity index (χ4n) is 2.76. The van der Waals surface area contributed by atoms with Gasteiger partial charge in [-0.25, -0.2) is 4.98 Å². The van der Waals surface area contributed by atoms with Gasteiger partial charge in [0.25, 0.3) is 5.56 Å². The number of fused-ring (bicyclic) bond motifs is 1. The van der Waals surface area contributed by atoms with Crippen LogP contribution in [0.15, 0.2) is 58.2 Å². The van der Waals surface area contributed by atoms with Gasteiger partial charge in [0.2, 0.25) is 0 Å². The number of nitrogens with two attached hydrogens (primary N) is 1. The molecule has 0 spiro atoms. The number of nitrogens with zero attached hydrogens (tertiary/aromatic N) is 3. The minimum absolute atomic E-state index is 0.199. The first kappa shape index (κ1) is 16.7. The zero-order chi connectivity index (χ0) is 18.3. The number of benzene rings is 2. The molecule has 2 heterocycles. The number of aromatic nitrogens is 4. The minimum Gasteiger partial charge on any atom is -0.383 e. The van der Waals surface area contributed by atoms with Gasteiger partial charge in [-0.3, -0.25) is 14.5 Å². The van der Waals surface area contributed by atoms with Crippen LogP contribution >= 0.6 is 23.4 Å². The van der Waals surface area contributed by atoms with Gasteiger partial charge in [0.05, 0.1) is 5.69 Å². The van der Waals surface area contributed by atoms with Gasteiger partial charge in [-0.15, -0.1) is 11.8 Å². The second-order valence-electron chi connectivity index (χ2n) is 5.62. The van der Waals surface area contributed by atoms with Crippen LogP contribution in [0.3, 0.4) is 0 Å². The third kappa shape index (κ3) is 2.75. The molecule has 6 nitrogen and oxygen atoms in total. The summed E-state index contributed by atoms with van der Waals surface area (Å²) in [6.07, 6.45) is 2.01. The molecular formula is C18H14ClN5OS. The van der Waals surface area contributed by atoms with E-state index in [4.69, 9.17) is 17.3 Å². The quantitative estimate of drug-likeness (QED) is 0.526. The standard InChI is InChI=1S/C18H14ClN5OS/c1-26-13-8-2-10(3-9-13)17-21-16-14(15(20)22-23-16)18(25)24(17)12-6-4-11(19)5-7-12/h2-9H,1H3,(H3,20,22,23). The van der Waals surface area contributed by atoms with E-state index in [1.807, 2.05) is 30.5 Å². The molecule has 0 aliphatic rings. The SMILES string of the molecule is CSc1ccc(-c2nc3n[nH]c(N)c3c(=O)n2-c2ccc(Cl)cc2)cc1. The highest BCUT2D eigenvalue weighted by Gasteiger charge is 2.18. The lowest BCUT2D eigenvalue weighted by Crippen LogP contribution is -2.22. The van der Waals surface area contributed by atoms with Crippen molar-refractivity contribution in [3.63, 3.8) is 0 Å². The first-order valence-electron chi connectivity index (χ1n) is 7.75. The molecule has 0 radical (unpaired) electrons. The van der Waals surface area contributed by atoms with E-state index in [1.165, 1.54) is 4.57 Å². The Balaban J connectivity index is 2.05. The van der Waals surface area contributed by atoms with E-state index in [0.717, 1.165) is 10.5 Å². The molecule has 2 aromatic heterocycles. The monoisotopic (exact) mass is 383 g/mol. The van der Waals surface area contributed by atoms with Gasteiger partial charge in [-0.05, 0) is 42.7 Å². The summed E-state index contributed by atoms with van der Waals surface area (Å²) in [6.45, 7) is 0. The molecule has 4 aromatic rings. The number of H-pyrrole nitrogens is 1. The predicted molar refractivity (Wildman–Crippen MR) is 106 cm³/mol. The van der Waals surface area contributed by atoms with Gasteiger partial charge >= 0.3 is 0 Å². The first-order valence-corrected chi connectivity index (χ1v) is 9.35. The van der Waals surface area contributed by atoms with Crippen LogP contribution in [0.1, 0.15) is 0 Å². The van der Waals surface area contributed by atoms with Crippen LogP contribution in [0, 0.1) is 0 Å². The molecule has 4 rings (SSSR count). The highest BCUT2D eigenvalue weighted by Crippen LogP contribution is 2.25. The molecule has 2 aromatic carbocycles. The van der Waals surface area contributed by atoms with Gasteiger partial charge in [0.1, 0.15) is 17.0 Å². The lowest BCUT2D eigenvalue weighted by Gasteiger charge is -2.13. The summed E-state index contributed by atoms with van der Waals surface area (Å²) in [4.78, 5) is 18.9. The maximum absolute atomic E-state index is 13.2. The van der Waals surface area contributed by atoms with Crippen molar-refractivity contribution in [3.8, 4) is 17.1 Å². The Bertz CT molecular complexity index is 1150. The summed E-state index contributed by atoms with van der Waals surface area (Å²) in [5.41, 5.74) is 7.34. The Labute approximate surface area is 158 Å². The Morgan fingerprint density at radius 2 is 1.81 bits per heavy atom. The van der Waals surface area contributed by atoms with Crippen molar-refractivity contribution in [2.24, 2.45) is 0 Å². The van der Waals surface area contributed by atoms with Gasteiger partial charge < -0.3 is 5.73 Å².